The van der Waals surface area contributed by atoms with Crippen molar-refractivity contribution in [1.82, 2.24) is 14.5 Å². The Morgan fingerprint density at radius 2 is 1.36 bits per heavy atom. The molecule has 0 amide bonds. The fourth-order valence-electron chi connectivity index (χ4n) is 3.67. The third-order valence-electron chi connectivity index (χ3n) is 5.46. The Morgan fingerprint density at radius 1 is 0.750 bits per heavy atom. The van der Waals surface area contributed by atoms with Gasteiger partial charge in [-0.25, -0.2) is 4.79 Å². The zero-order chi connectivity index (χ0) is 24.7. The minimum absolute atomic E-state index is 0.154. The second kappa shape index (κ2) is 11.3. The second-order valence-corrected chi connectivity index (χ2v) is 9.75. The number of ether oxygens (including phenoxy) is 2. The lowest BCUT2D eigenvalue weighted by Gasteiger charge is -2.08. The van der Waals surface area contributed by atoms with E-state index in [4.69, 9.17) is 21.1 Å². The highest BCUT2D eigenvalue weighted by atomic mass is 35.5. The molecule has 0 unspecified atom stereocenters. The van der Waals surface area contributed by atoms with E-state index in [9.17, 15) is 4.79 Å². The van der Waals surface area contributed by atoms with E-state index in [1.807, 2.05) is 91.0 Å². The molecule has 182 valence electrons. The van der Waals surface area contributed by atoms with E-state index >= 15 is 0 Å². The smallest absolute Gasteiger partial charge is 0.337 e. The van der Waals surface area contributed by atoms with Gasteiger partial charge in [-0.15, -0.1) is 11.3 Å². The lowest BCUT2D eigenvalue weighted by Crippen LogP contribution is -2.21. The topological polar surface area (TPSA) is 57.4 Å². The van der Waals surface area contributed by atoms with E-state index in [2.05, 4.69) is 5.32 Å². The minimum Gasteiger partial charge on any atom is -0.492 e. The maximum atomic E-state index is 13.0. The minimum atomic E-state index is -0.154. The third-order valence-corrected chi connectivity index (χ3v) is 6.69. The maximum Gasteiger partial charge on any atom is 0.337 e. The Kier molecular flexibility index (Phi) is 7.52. The van der Waals surface area contributed by atoms with Crippen LogP contribution in [-0.2, 0) is 6.54 Å². The van der Waals surface area contributed by atoms with E-state index < -0.39 is 0 Å². The molecule has 0 fully saturated rings. The average Bonchev–Trinajstić information content (AvgIpc) is 3.50. The quantitative estimate of drug-likeness (QED) is 0.221. The van der Waals surface area contributed by atoms with Crippen LogP contribution in [0.2, 0.25) is 4.34 Å². The molecule has 0 spiro atoms. The molecule has 1 N–H and O–H groups in total. The van der Waals surface area contributed by atoms with Crippen LogP contribution in [0.3, 0.4) is 0 Å². The number of hydrogen-bond donors (Lipinski definition) is 1. The summed E-state index contributed by atoms with van der Waals surface area (Å²) in [7, 11) is 0. The van der Waals surface area contributed by atoms with Crippen molar-refractivity contribution in [3.05, 3.63) is 123 Å². The first-order valence-electron chi connectivity index (χ1n) is 11.5. The third kappa shape index (κ3) is 5.88. The van der Waals surface area contributed by atoms with Gasteiger partial charge in [0, 0.05) is 30.4 Å². The summed E-state index contributed by atoms with van der Waals surface area (Å²) in [5.41, 5.74) is 1.37. The van der Waals surface area contributed by atoms with Gasteiger partial charge in [-0.3, -0.25) is 9.13 Å². The number of nitrogens with zero attached hydrogens (tertiary/aromatic N) is 2. The Hall–Kier alpha value is -3.78. The molecular formula is C28H24ClN3O3S. The van der Waals surface area contributed by atoms with Crippen molar-refractivity contribution >= 4 is 22.9 Å². The molecule has 0 saturated carbocycles. The number of nitrogens with one attached hydrogen (secondary N) is 1. The molecule has 8 heteroatoms. The summed E-state index contributed by atoms with van der Waals surface area (Å²) in [6.07, 6.45) is 3.51. The van der Waals surface area contributed by atoms with E-state index in [0.717, 1.165) is 40.3 Å². The predicted octanol–water partition coefficient (Wildman–Crippen LogP) is 6.30. The number of thiophene rings is 1. The van der Waals surface area contributed by atoms with Crippen LogP contribution in [0.5, 0.6) is 17.2 Å². The van der Waals surface area contributed by atoms with Crippen LogP contribution >= 0.6 is 22.9 Å². The molecule has 6 nitrogen and oxygen atoms in total. The molecule has 3 aromatic carbocycles. The first kappa shape index (κ1) is 23.9. The zero-order valence-corrected chi connectivity index (χ0v) is 20.9. The van der Waals surface area contributed by atoms with Crippen molar-refractivity contribution in [2.45, 2.75) is 6.54 Å². The van der Waals surface area contributed by atoms with Gasteiger partial charge in [-0.05, 0) is 72.8 Å². The number of imidazole rings is 1. The molecule has 0 saturated heterocycles. The summed E-state index contributed by atoms with van der Waals surface area (Å²) in [4.78, 5) is 14.2. The van der Waals surface area contributed by atoms with Crippen LogP contribution in [0.25, 0.3) is 11.4 Å². The SMILES string of the molecule is O=c1n(-c2ccc(OCCNCc3ccc(Cl)s3)cc2)ccn1-c1ccc(Oc2ccccc2)cc1. The summed E-state index contributed by atoms with van der Waals surface area (Å²) in [5, 5.41) is 3.33. The Morgan fingerprint density at radius 3 is 1.97 bits per heavy atom. The number of halogens is 1. The fourth-order valence-corrected chi connectivity index (χ4v) is 4.73. The molecule has 5 aromatic rings. The van der Waals surface area contributed by atoms with E-state index in [-0.39, 0.29) is 5.69 Å². The molecule has 2 heterocycles. The monoisotopic (exact) mass is 517 g/mol. The van der Waals surface area contributed by atoms with Crippen LogP contribution in [-0.4, -0.2) is 22.3 Å². The largest absolute Gasteiger partial charge is 0.492 e. The molecule has 0 aliphatic rings. The van der Waals surface area contributed by atoms with Crippen molar-refractivity contribution in [3.8, 4) is 28.6 Å². The van der Waals surface area contributed by atoms with Gasteiger partial charge in [-0.2, -0.15) is 0 Å². The van der Waals surface area contributed by atoms with E-state index in [0.29, 0.717) is 12.4 Å². The van der Waals surface area contributed by atoms with Crippen molar-refractivity contribution in [1.29, 1.82) is 0 Å². The lowest BCUT2D eigenvalue weighted by atomic mass is 10.3. The number of hydrogen-bond acceptors (Lipinski definition) is 5. The van der Waals surface area contributed by atoms with Gasteiger partial charge in [0.15, 0.2) is 0 Å². The van der Waals surface area contributed by atoms with Gasteiger partial charge < -0.3 is 14.8 Å². The standard InChI is InChI=1S/C28H24ClN3O3S/c29-27-15-14-26(36-27)20-30-16-19-34-23-10-6-21(7-11-23)31-17-18-32(28(31)33)22-8-12-25(13-9-22)35-24-4-2-1-3-5-24/h1-15,17-18,30H,16,19-20H2. The van der Waals surface area contributed by atoms with Crippen LogP contribution in [0.1, 0.15) is 4.88 Å². The van der Waals surface area contributed by atoms with Gasteiger partial charge in [0.2, 0.25) is 0 Å². The molecule has 0 bridgehead atoms. The summed E-state index contributed by atoms with van der Waals surface area (Å²) < 4.78 is 15.6. The summed E-state index contributed by atoms with van der Waals surface area (Å²) in [5.74, 6) is 2.22. The first-order valence-corrected chi connectivity index (χ1v) is 12.7. The van der Waals surface area contributed by atoms with Crippen LogP contribution in [0.15, 0.2) is 108 Å². The van der Waals surface area contributed by atoms with Crippen molar-refractivity contribution in [2.75, 3.05) is 13.2 Å². The number of rotatable bonds is 10. The first-order chi connectivity index (χ1) is 17.7. The average molecular weight is 518 g/mol. The van der Waals surface area contributed by atoms with Crippen molar-refractivity contribution in [2.24, 2.45) is 0 Å². The molecule has 5 rings (SSSR count). The highest BCUT2D eigenvalue weighted by Crippen LogP contribution is 2.23. The Balaban J connectivity index is 1.17. The van der Waals surface area contributed by atoms with Crippen molar-refractivity contribution in [3.63, 3.8) is 0 Å². The summed E-state index contributed by atoms with van der Waals surface area (Å²) in [6, 6.07) is 28.4. The lowest BCUT2D eigenvalue weighted by molar-refractivity contribution is 0.314. The normalized spacial score (nSPS) is 10.9. The number of para-hydroxylation sites is 1. The number of benzene rings is 3. The molecule has 0 aliphatic carbocycles. The van der Waals surface area contributed by atoms with Gasteiger partial charge in [-0.1, -0.05) is 29.8 Å². The molecule has 0 aliphatic heterocycles. The molecule has 0 atom stereocenters. The molecular weight excluding hydrogens is 494 g/mol. The van der Waals surface area contributed by atoms with Crippen LogP contribution in [0, 0.1) is 0 Å². The number of aromatic nitrogens is 2. The summed E-state index contributed by atoms with van der Waals surface area (Å²) in [6.45, 7) is 2.02. The highest BCUT2D eigenvalue weighted by Gasteiger charge is 2.08. The maximum absolute atomic E-state index is 13.0. The van der Waals surface area contributed by atoms with Gasteiger partial charge in [0.25, 0.3) is 0 Å². The molecule has 2 aromatic heterocycles. The van der Waals surface area contributed by atoms with Crippen LogP contribution < -0.4 is 20.5 Å². The predicted molar refractivity (Wildman–Crippen MR) is 144 cm³/mol. The van der Waals surface area contributed by atoms with Crippen molar-refractivity contribution < 1.29 is 9.47 Å². The molecule has 0 radical (unpaired) electrons. The van der Waals surface area contributed by atoms with Crippen LogP contribution in [0.4, 0.5) is 0 Å². The Bertz CT molecular complexity index is 1460. The molecule has 36 heavy (non-hydrogen) atoms. The van der Waals surface area contributed by atoms with Gasteiger partial charge in [0.1, 0.15) is 23.9 Å². The zero-order valence-electron chi connectivity index (χ0n) is 19.3. The van der Waals surface area contributed by atoms with Gasteiger partial charge >= 0.3 is 5.69 Å². The highest BCUT2D eigenvalue weighted by molar-refractivity contribution is 7.16. The second-order valence-electron chi connectivity index (χ2n) is 7.95. The fraction of sp³-hybridized carbons (Fsp3) is 0.107. The summed E-state index contributed by atoms with van der Waals surface area (Å²) >= 11 is 7.52. The van der Waals surface area contributed by atoms with E-state index in [1.54, 1.807) is 32.9 Å². The van der Waals surface area contributed by atoms with E-state index in [1.165, 1.54) is 4.88 Å². The Labute approximate surface area is 217 Å². The van der Waals surface area contributed by atoms with Gasteiger partial charge in [0.05, 0.1) is 15.7 Å².